The summed E-state index contributed by atoms with van der Waals surface area (Å²) in [4.78, 5) is 0. The lowest BCUT2D eigenvalue weighted by Gasteiger charge is -2.26. The van der Waals surface area contributed by atoms with Gasteiger partial charge in [0.25, 0.3) is 0 Å². The first-order valence-electron chi connectivity index (χ1n) is 3.92. The maximum Gasteiger partial charge on any atom is 0.107 e. The van der Waals surface area contributed by atoms with Gasteiger partial charge in [-0.2, -0.15) is 0 Å². The smallest absolute Gasteiger partial charge is 0.107 e. The van der Waals surface area contributed by atoms with Gasteiger partial charge in [-0.3, -0.25) is 0 Å². The van der Waals surface area contributed by atoms with Crippen molar-refractivity contribution in [3.8, 4) is 0 Å². The molecule has 0 aromatic heterocycles. The lowest BCUT2D eigenvalue weighted by atomic mass is 9.82. The zero-order chi connectivity index (χ0) is 7.72. The normalized spacial score (nSPS) is 41.2. The second-order valence-electron chi connectivity index (χ2n) is 3.45. The van der Waals surface area contributed by atoms with Crippen LogP contribution in [0.3, 0.4) is 0 Å². The van der Waals surface area contributed by atoms with Gasteiger partial charge in [0, 0.05) is 0 Å². The molecule has 0 heterocycles. The Kier molecular flexibility index (Phi) is 2.12. The summed E-state index contributed by atoms with van der Waals surface area (Å²) >= 11 is 0. The summed E-state index contributed by atoms with van der Waals surface area (Å²) in [5.74, 6) is 0.632. The third-order valence-electron chi connectivity index (χ3n) is 2.46. The van der Waals surface area contributed by atoms with Crippen LogP contribution in [0.4, 0.5) is 4.39 Å². The van der Waals surface area contributed by atoms with Crippen LogP contribution in [-0.4, -0.2) is 6.17 Å². The van der Waals surface area contributed by atoms with E-state index in [4.69, 9.17) is 0 Å². The molecular weight excluding hydrogens is 127 g/mol. The molecule has 0 saturated heterocycles. The summed E-state index contributed by atoms with van der Waals surface area (Å²) in [6.07, 6.45) is 2.21. The Balaban J connectivity index is 2.69. The van der Waals surface area contributed by atoms with Crippen LogP contribution in [0.15, 0.2) is 11.6 Å². The third-order valence-corrected chi connectivity index (χ3v) is 2.46. The van der Waals surface area contributed by atoms with Gasteiger partial charge < -0.3 is 0 Å². The SMILES string of the molecule is CC1=C[C@@H](C)C(C)C(F)C1. The summed E-state index contributed by atoms with van der Waals surface area (Å²) in [6.45, 7) is 6.08. The van der Waals surface area contributed by atoms with Crippen molar-refractivity contribution in [2.75, 3.05) is 0 Å². The second-order valence-corrected chi connectivity index (χ2v) is 3.45. The van der Waals surface area contributed by atoms with Gasteiger partial charge >= 0.3 is 0 Å². The maximum atomic E-state index is 13.0. The van der Waals surface area contributed by atoms with E-state index in [-0.39, 0.29) is 5.92 Å². The van der Waals surface area contributed by atoms with Crippen molar-refractivity contribution < 1.29 is 4.39 Å². The molecule has 0 amide bonds. The van der Waals surface area contributed by atoms with Crippen LogP contribution in [-0.2, 0) is 0 Å². The predicted octanol–water partition coefficient (Wildman–Crippen LogP) is 2.95. The van der Waals surface area contributed by atoms with Crippen molar-refractivity contribution in [1.82, 2.24) is 0 Å². The second kappa shape index (κ2) is 2.73. The molecule has 0 N–H and O–H groups in total. The van der Waals surface area contributed by atoms with Crippen molar-refractivity contribution in [2.45, 2.75) is 33.4 Å². The Morgan fingerprint density at radius 2 is 2.10 bits per heavy atom. The van der Waals surface area contributed by atoms with Gasteiger partial charge in [-0.05, 0) is 25.2 Å². The monoisotopic (exact) mass is 142 g/mol. The van der Waals surface area contributed by atoms with Gasteiger partial charge in [0.15, 0.2) is 0 Å². The number of allylic oxidation sites excluding steroid dienone is 2. The van der Waals surface area contributed by atoms with Crippen LogP contribution in [0.1, 0.15) is 27.2 Å². The van der Waals surface area contributed by atoms with Crippen LogP contribution >= 0.6 is 0 Å². The zero-order valence-electron chi connectivity index (χ0n) is 6.89. The standard InChI is InChI=1S/C9H15F/c1-6-4-7(2)8(3)9(10)5-6/h4,7-9H,5H2,1-3H3/t7-,8?,9?/m1/s1. The highest BCUT2D eigenvalue weighted by molar-refractivity contribution is 5.08. The van der Waals surface area contributed by atoms with E-state index in [2.05, 4.69) is 13.0 Å². The van der Waals surface area contributed by atoms with Crippen molar-refractivity contribution in [2.24, 2.45) is 11.8 Å². The van der Waals surface area contributed by atoms with E-state index in [0.717, 1.165) is 0 Å². The van der Waals surface area contributed by atoms with Gasteiger partial charge in [-0.15, -0.1) is 0 Å². The molecule has 0 saturated carbocycles. The molecule has 3 atom stereocenters. The van der Waals surface area contributed by atoms with Crippen LogP contribution in [0.2, 0.25) is 0 Å². The average molecular weight is 142 g/mol. The fourth-order valence-electron chi connectivity index (χ4n) is 1.49. The molecule has 0 aromatic carbocycles. The van der Waals surface area contributed by atoms with Gasteiger partial charge in [0.05, 0.1) is 0 Å². The van der Waals surface area contributed by atoms with Crippen LogP contribution in [0.25, 0.3) is 0 Å². The molecule has 0 spiro atoms. The molecule has 58 valence electrons. The van der Waals surface area contributed by atoms with Crippen molar-refractivity contribution in [3.63, 3.8) is 0 Å². The van der Waals surface area contributed by atoms with E-state index in [1.54, 1.807) is 0 Å². The Morgan fingerprint density at radius 1 is 1.50 bits per heavy atom. The van der Waals surface area contributed by atoms with Crippen LogP contribution < -0.4 is 0 Å². The van der Waals surface area contributed by atoms with E-state index in [9.17, 15) is 4.39 Å². The van der Waals surface area contributed by atoms with Gasteiger partial charge in [0.2, 0.25) is 0 Å². The third kappa shape index (κ3) is 1.39. The molecule has 0 fully saturated rings. The van der Waals surface area contributed by atoms with Crippen molar-refractivity contribution in [3.05, 3.63) is 11.6 Å². The Labute approximate surface area is 62.1 Å². The van der Waals surface area contributed by atoms with E-state index in [1.165, 1.54) is 5.57 Å². The largest absolute Gasteiger partial charge is 0.247 e. The number of halogens is 1. The fraction of sp³-hybridized carbons (Fsp3) is 0.778. The highest BCUT2D eigenvalue weighted by Crippen LogP contribution is 2.30. The topological polar surface area (TPSA) is 0 Å². The van der Waals surface area contributed by atoms with E-state index < -0.39 is 6.17 Å². The Morgan fingerprint density at radius 3 is 2.60 bits per heavy atom. The van der Waals surface area contributed by atoms with Gasteiger partial charge in [-0.25, -0.2) is 4.39 Å². The van der Waals surface area contributed by atoms with Crippen LogP contribution in [0, 0.1) is 11.8 Å². The van der Waals surface area contributed by atoms with E-state index in [0.29, 0.717) is 12.3 Å². The van der Waals surface area contributed by atoms with Crippen molar-refractivity contribution >= 4 is 0 Å². The number of alkyl halides is 1. The maximum absolute atomic E-state index is 13.0. The highest BCUT2D eigenvalue weighted by Gasteiger charge is 2.25. The molecule has 0 bridgehead atoms. The first kappa shape index (κ1) is 7.77. The number of rotatable bonds is 0. The summed E-state index contributed by atoms with van der Waals surface area (Å²) in [7, 11) is 0. The molecule has 10 heavy (non-hydrogen) atoms. The molecule has 2 unspecified atom stereocenters. The molecule has 1 aliphatic carbocycles. The summed E-state index contributed by atoms with van der Waals surface area (Å²) in [5, 5.41) is 0. The lowest BCUT2D eigenvalue weighted by molar-refractivity contribution is 0.194. The first-order valence-corrected chi connectivity index (χ1v) is 3.92. The molecule has 0 aromatic rings. The van der Waals surface area contributed by atoms with E-state index in [1.807, 2.05) is 13.8 Å². The summed E-state index contributed by atoms with van der Waals surface area (Å²) < 4.78 is 13.0. The van der Waals surface area contributed by atoms with Gasteiger partial charge in [0.1, 0.15) is 6.17 Å². The minimum absolute atomic E-state index is 0.212. The Bertz CT molecular complexity index is 149. The lowest BCUT2D eigenvalue weighted by Crippen LogP contribution is -2.23. The molecule has 1 heteroatoms. The average Bonchev–Trinajstić information content (AvgIpc) is 1.82. The fourth-order valence-corrected chi connectivity index (χ4v) is 1.49. The summed E-state index contributed by atoms with van der Waals surface area (Å²) in [6, 6.07) is 0. The minimum Gasteiger partial charge on any atom is -0.247 e. The highest BCUT2D eigenvalue weighted by atomic mass is 19.1. The summed E-state index contributed by atoms with van der Waals surface area (Å²) in [5.41, 5.74) is 1.21. The predicted molar refractivity (Wildman–Crippen MR) is 41.6 cm³/mol. The zero-order valence-corrected chi connectivity index (χ0v) is 6.89. The van der Waals surface area contributed by atoms with Crippen molar-refractivity contribution in [1.29, 1.82) is 0 Å². The Hall–Kier alpha value is -0.330. The molecule has 0 aliphatic heterocycles. The molecular formula is C9H15F. The van der Waals surface area contributed by atoms with E-state index >= 15 is 0 Å². The number of hydrogen-bond donors (Lipinski definition) is 0. The minimum atomic E-state index is -0.611. The molecule has 1 rings (SSSR count). The quantitative estimate of drug-likeness (QED) is 0.456. The molecule has 1 aliphatic rings. The molecule has 0 nitrogen and oxygen atoms in total. The molecule has 0 radical (unpaired) electrons. The van der Waals surface area contributed by atoms with Crippen LogP contribution in [0.5, 0.6) is 0 Å². The number of hydrogen-bond acceptors (Lipinski definition) is 0. The first-order chi connectivity index (χ1) is 4.61. The van der Waals surface area contributed by atoms with Gasteiger partial charge in [-0.1, -0.05) is 25.5 Å².